The number of carboxylic acid groups (broad SMARTS) is 1. The van der Waals surface area contributed by atoms with Gasteiger partial charge >= 0.3 is 5.97 Å². The van der Waals surface area contributed by atoms with Gasteiger partial charge in [-0.15, -0.1) is 0 Å². The van der Waals surface area contributed by atoms with Gasteiger partial charge in [-0.05, 0) is 7.05 Å². The van der Waals surface area contributed by atoms with Crippen molar-refractivity contribution in [2.75, 3.05) is 7.05 Å². The Morgan fingerprint density at radius 1 is 1.42 bits per heavy atom. The summed E-state index contributed by atoms with van der Waals surface area (Å²) in [6.07, 6.45) is 0.0590. The fourth-order valence-corrected chi connectivity index (χ4v) is 0.750. The second-order valence-corrected chi connectivity index (χ2v) is 3.00. The number of carbonyl (C=O) groups excluding carboxylic acids is 1. The Hall–Kier alpha value is -0.900. The largest absolute Gasteiger partial charge is 0.480 e. The first-order valence-corrected chi connectivity index (χ1v) is 3.91. The lowest BCUT2D eigenvalue weighted by atomic mass is 10.0. The van der Waals surface area contributed by atoms with E-state index in [0.717, 1.165) is 0 Å². The number of nitrogens with one attached hydrogen (secondary N) is 1. The molecule has 0 aliphatic rings. The molecule has 1 unspecified atom stereocenters. The zero-order chi connectivity index (χ0) is 9.72. The summed E-state index contributed by atoms with van der Waals surface area (Å²) in [5.41, 5.74) is 0. The van der Waals surface area contributed by atoms with E-state index in [1.807, 2.05) is 0 Å². The number of rotatable bonds is 5. The lowest BCUT2D eigenvalue weighted by molar-refractivity contribution is -0.141. The number of likely N-dealkylation sites (N-methyl/N-ethyl adjacent to an activating group) is 1. The molecule has 0 rings (SSSR count). The highest BCUT2D eigenvalue weighted by molar-refractivity contribution is 5.86. The minimum Gasteiger partial charge on any atom is -0.480 e. The van der Waals surface area contributed by atoms with Crippen molar-refractivity contribution in [3.63, 3.8) is 0 Å². The zero-order valence-electron chi connectivity index (χ0n) is 7.63. The van der Waals surface area contributed by atoms with Crippen LogP contribution in [-0.4, -0.2) is 29.9 Å². The van der Waals surface area contributed by atoms with Gasteiger partial charge in [0.15, 0.2) is 0 Å². The number of hydrogen-bond acceptors (Lipinski definition) is 3. The molecule has 0 saturated carbocycles. The molecule has 0 amide bonds. The molecule has 0 radical (unpaired) electrons. The minimum atomic E-state index is -0.980. The van der Waals surface area contributed by atoms with Crippen molar-refractivity contribution in [1.82, 2.24) is 5.32 Å². The van der Waals surface area contributed by atoms with Crippen molar-refractivity contribution in [1.29, 1.82) is 0 Å². The first-order chi connectivity index (χ1) is 5.49. The molecule has 12 heavy (non-hydrogen) atoms. The second kappa shape index (κ2) is 4.87. The zero-order valence-corrected chi connectivity index (χ0v) is 7.63. The van der Waals surface area contributed by atoms with Gasteiger partial charge in [0.05, 0.1) is 0 Å². The van der Waals surface area contributed by atoms with Crippen LogP contribution in [0.4, 0.5) is 0 Å². The number of hydrogen-bond donors (Lipinski definition) is 2. The third-order valence-corrected chi connectivity index (χ3v) is 1.70. The number of carbonyl (C=O) groups is 2. The SMILES string of the molecule is CNC(CC(=O)C(C)C)C(=O)O. The summed E-state index contributed by atoms with van der Waals surface area (Å²) in [7, 11) is 1.53. The predicted molar refractivity (Wildman–Crippen MR) is 44.9 cm³/mol. The highest BCUT2D eigenvalue weighted by Crippen LogP contribution is 2.02. The van der Waals surface area contributed by atoms with E-state index in [1.54, 1.807) is 13.8 Å². The normalized spacial score (nSPS) is 13.0. The molecule has 1 atom stereocenters. The molecule has 0 aromatic rings. The van der Waals surface area contributed by atoms with Crippen LogP contribution >= 0.6 is 0 Å². The Morgan fingerprint density at radius 3 is 2.17 bits per heavy atom. The molecule has 0 aromatic carbocycles. The van der Waals surface area contributed by atoms with Crippen molar-refractivity contribution in [2.24, 2.45) is 5.92 Å². The van der Waals surface area contributed by atoms with E-state index >= 15 is 0 Å². The molecule has 70 valence electrons. The van der Waals surface area contributed by atoms with Gasteiger partial charge in [-0.1, -0.05) is 13.8 Å². The van der Waals surface area contributed by atoms with Gasteiger partial charge in [-0.25, -0.2) is 0 Å². The Morgan fingerprint density at radius 2 is 1.92 bits per heavy atom. The summed E-state index contributed by atoms with van der Waals surface area (Å²) < 4.78 is 0. The van der Waals surface area contributed by atoms with Crippen LogP contribution in [0.5, 0.6) is 0 Å². The summed E-state index contributed by atoms with van der Waals surface area (Å²) in [6.45, 7) is 3.52. The van der Waals surface area contributed by atoms with Crippen molar-refractivity contribution < 1.29 is 14.7 Å². The molecule has 0 aliphatic heterocycles. The molecule has 0 aromatic heterocycles. The van der Waals surface area contributed by atoms with Crippen molar-refractivity contribution in [2.45, 2.75) is 26.3 Å². The maximum Gasteiger partial charge on any atom is 0.321 e. The van der Waals surface area contributed by atoms with Gasteiger partial charge < -0.3 is 10.4 Å². The third-order valence-electron chi connectivity index (χ3n) is 1.70. The van der Waals surface area contributed by atoms with E-state index in [-0.39, 0.29) is 18.1 Å². The Bertz CT molecular complexity index is 177. The van der Waals surface area contributed by atoms with Crippen LogP contribution in [0.25, 0.3) is 0 Å². The number of aliphatic carboxylic acids is 1. The fourth-order valence-electron chi connectivity index (χ4n) is 0.750. The second-order valence-electron chi connectivity index (χ2n) is 3.00. The molecular formula is C8H15NO3. The maximum absolute atomic E-state index is 11.1. The predicted octanol–water partition coefficient (Wildman–Crippen LogP) is 0.274. The minimum absolute atomic E-state index is 0.0308. The van der Waals surface area contributed by atoms with Crippen LogP contribution in [-0.2, 0) is 9.59 Å². The smallest absolute Gasteiger partial charge is 0.321 e. The van der Waals surface area contributed by atoms with Gasteiger partial charge in [-0.3, -0.25) is 9.59 Å². The van der Waals surface area contributed by atoms with E-state index in [4.69, 9.17) is 5.11 Å². The molecule has 0 spiro atoms. The van der Waals surface area contributed by atoms with Crippen LogP contribution in [0.15, 0.2) is 0 Å². The van der Waals surface area contributed by atoms with Gasteiger partial charge in [-0.2, -0.15) is 0 Å². The molecular weight excluding hydrogens is 158 g/mol. The van der Waals surface area contributed by atoms with Crippen LogP contribution in [0.3, 0.4) is 0 Å². The van der Waals surface area contributed by atoms with Gasteiger partial charge in [0.25, 0.3) is 0 Å². The molecule has 0 saturated heterocycles. The van der Waals surface area contributed by atoms with Crippen LogP contribution in [0.2, 0.25) is 0 Å². The monoisotopic (exact) mass is 173 g/mol. The quantitative estimate of drug-likeness (QED) is 0.626. The lowest BCUT2D eigenvalue weighted by Crippen LogP contribution is -2.36. The van der Waals surface area contributed by atoms with E-state index in [9.17, 15) is 9.59 Å². The Kier molecular flexibility index (Phi) is 4.51. The number of ketones is 1. The fraction of sp³-hybridized carbons (Fsp3) is 0.750. The standard InChI is InChI=1S/C8H15NO3/c1-5(2)7(10)4-6(9-3)8(11)12/h5-6,9H,4H2,1-3H3,(H,11,12). The Balaban J connectivity index is 4.03. The molecule has 4 heteroatoms. The lowest BCUT2D eigenvalue weighted by Gasteiger charge is -2.11. The average Bonchev–Trinajstić information content (AvgIpc) is 1.98. The summed E-state index contributed by atoms with van der Waals surface area (Å²) in [6, 6.07) is -0.750. The highest BCUT2D eigenvalue weighted by Gasteiger charge is 2.20. The number of carboxylic acids is 1. The molecule has 4 nitrogen and oxygen atoms in total. The molecule has 2 N–H and O–H groups in total. The highest BCUT2D eigenvalue weighted by atomic mass is 16.4. The first-order valence-electron chi connectivity index (χ1n) is 3.91. The summed E-state index contributed by atoms with van der Waals surface area (Å²) >= 11 is 0. The Labute approximate surface area is 72.0 Å². The van der Waals surface area contributed by atoms with E-state index < -0.39 is 12.0 Å². The molecule has 0 bridgehead atoms. The summed E-state index contributed by atoms with van der Waals surface area (Å²) in [5, 5.41) is 11.2. The first kappa shape index (κ1) is 11.1. The molecule has 0 aliphatic carbocycles. The number of Topliss-reactive ketones (excluding diaryl/α,β-unsaturated/α-hetero) is 1. The van der Waals surface area contributed by atoms with Gasteiger partial charge in [0.1, 0.15) is 11.8 Å². The van der Waals surface area contributed by atoms with E-state index in [0.29, 0.717) is 0 Å². The molecule has 0 heterocycles. The van der Waals surface area contributed by atoms with Crippen LogP contribution in [0, 0.1) is 5.92 Å². The van der Waals surface area contributed by atoms with Gasteiger partial charge in [0, 0.05) is 12.3 Å². The van der Waals surface area contributed by atoms with Crippen molar-refractivity contribution in [3.8, 4) is 0 Å². The van der Waals surface area contributed by atoms with E-state index in [1.165, 1.54) is 7.05 Å². The van der Waals surface area contributed by atoms with E-state index in [2.05, 4.69) is 5.32 Å². The molecule has 0 fully saturated rings. The van der Waals surface area contributed by atoms with Gasteiger partial charge in [0.2, 0.25) is 0 Å². The van der Waals surface area contributed by atoms with Crippen molar-refractivity contribution in [3.05, 3.63) is 0 Å². The topological polar surface area (TPSA) is 66.4 Å². The maximum atomic E-state index is 11.1. The van der Waals surface area contributed by atoms with Crippen LogP contribution in [0.1, 0.15) is 20.3 Å². The average molecular weight is 173 g/mol. The third kappa shape index (κ3) is 3.48. The summed E-state index contributed by atoms with van der Waals surface area (Å²) in [4.78, 5) is 21.6. The van der Waals surface area contributed by atoms with Crippen LogP contribution < -0.4 is 5.32 Å². The van der Waals surface area contributed by atoms with Crippen molar-refractivity contribution >= 4 is 11.8 Å². The summed E-state index contributed by atoms with van der Waals surface area (Å²) in [5.74, 6) is -1.11.